The Bertz CT molecular complexity index is 880. The molecule has 0 aliphatic heterocycles. The second-order valence-electron chi connectivity index (χ2n) is 7.83. The normalized spacial score (nSPS) is 11.6. The number of nitrogens with one attached hydrogen (secondary N) is 3. The number of carbonyl (C=O) groups excluding carboxylic acids is 1. The molecule has 0 heterocycles. The fourth-order valence-corrected chi connectivity index (χ4v) is 3.34. The van der Waals surface area contributed by atoms with Gasteiger partial charge in [-0.15, -0.1) is 11.8 Å². The van der Waals surface area contributed by atoms with Crippen LogP contribution in [0.1, 0.15) is 26.3 Å². The van der Waals surface area contributed by atoms with Crippen molar-refractivity contribution in [1.82, 2.24) is 16.0 Å². The smallest absolute Gasteiger partial charge is 0.269 e. The van der Waals surface area contributed by atoms with Crippen molar-refractivity contribution < 1.29 is 9.72 Å². The number of nitro groups is 1. The molecule has 0 spiro atoms. The van der Waals surface area contributed by atoms with Crippen molar-refractivity contribution in [1.29, 1.82) is 0 Å². The van der Waals surface area contributed by atoms with E-state index >= 15 is 0 Å². The van der Waals surface area contributed by atoms with Gasteiger partial charge in [0.25, 0.3) is 5.69 Å². The van der Waals surface area contributed by atoms with Gasteiger partial charge in [0.15, 0.2) is 5.96 Å². The summed E-state index contributed by atoms with van der Waals surface area (Å²) in [6, 6.07) is 16.4. The van der Waals surface area contributed by atoms with Gasteiger partial charge in [0.1, 0.15) is 0 Å². The lowest BCUT2D eigenvalue weighted by Crippen LogP contribution is -2.48. The van der Waals surface area contributed by atoms with Crippen LogP contribution in [0.2, 0.25) is 0 Å². The molecule has 2 rings (SSSR count). The first kappa shape index (κ1) is 24.2. The number of hydrogen-bond donors (Lipinski definition) is 3. The van der Waals surface area contributed by atoms with E-state index in [4.69, 9.17) is 0 Å². The second-order valence-corrected chi connectivity index (χ2v) is 9.00. The molecule has 1 amide bonds. The lowest BCUT2D eigenvalue weighted by Gasteiger charge is -2.21. The molecule has 0 atom stereocenters. The topological polar surface area (TPSA) is 109 Å². The summed E-state index contributed by atoms with van der Waals surface area (Å²) in [7, 11) is 0. The van der Waals surface area contributed by atoms with Gasteiger partial charge in [-0.3, -0.25) is 14.9 Å². The van der Waals surface area contributed by atoms with Crippen molar-refractivity contribution >= 4 is 29.3 Å². The largest absolute Gasteiger partial charge is 0.356 e. The fourth-order valence-electron chi connectivity index (χ4n) is 2.55. The number of amides is 1. The molecule has 0 radical (unpaired) electrons. The van der Waals surface area contributed by atoms with Gasteiger partial charge in [0.2, 0.25) is 5.91 Å². The van der Waals surface area contributed by atoms with E-state index in [9.17, 15) is 14.9 Å². The monoisotopic (exact) mass is 443 g/mol. The molecule has 3 N–H and O–H groups in total. The van der Waals surface area contributed by atoms with Crippen LogP contribution in [0.15, 0.2) is 64.5 Å². The van der Waals surface area contributed by atoms with Crippen LogP contribution >= 0.6 is 11.8 Å². The standard InChI is InChI=1S/C22H29N5O3S/c1-22(2,3)26-20(28)16-25-21(23-13-14-31-19-7-5-4-6-8-19)24-15-17-9-11-18(12-10-17)27(29)30/h4-12H,13-16H2,1-3H3,(H,26,28)(H2,23,24,25). The number of thioether (sulfide) groups is 1. The van der Waals surface area contributed by atoms with Gasteiger partial charge in [0.05, 0.1) is 18.0 Å². The van der Waals surface area contributed by atoms with Gasteiger partial charge in [-0.25, -0.2) is 4.99 Å². The average Bonchev–Trinajstić information content (AvgIpc) is 2.72. The zero-order valence-electron chi connectivity index (χ0n) is 18.1. The van der Waals surface area contributed by atoms with E-state index in [1.165, 1.54) is 17.0 Å². The van der Waals surface area contributed by atoms with E-state index < -0.39 is 4.92 Å². The summed E-state index contributed by atoms with van der Waals surface area (Å²) in [4.78, 5) is 28.2. The number of non-ortho nitro benzene ring substituents is 1. The van der Waals surface area contributed by atoms with Crippen LogP contribution < -0.4 is 16.0 Å². The third-order valence-corrected chi connectivity index (χ3v) is 4.92. The Morgan fingerprint density at radius 2 is 1.74 bits per heavy atom. The van der Waals surface area contributed by atoms with Crippen LogP contribution in [0.4, 0.5) is 5.69 Å². The third kappa shape index (κ3) is 9.99. The van der Waals surface area contributed by atoms with Gasteiger partial charge in [-0.05, 0) is 38.5 Å². The minimum atomic E-state index is -0.431. The molecule has 0 aliphatic rings. The van der Waals surface area contributed by atoms with E-state index in [-0.39, 0.29) is 23.7 Å². The summed E-state index contributed by atoms with van der Waals surface area (Å²) in [5, 5.41) is 20.0. The first-order valence-electron chi connectivity index (χ1n) is 9.97. The number of benzene rings is 2. The zero-order valence-corrected chi connectivity index (χ0v) is 18.9. The van der Waals surface area contributed by atoms with Gasteiger partial charge < -0.3 is 16.0 Å². The van der Waals surface area contributed by atoms with Crippen LogP contribution in [-0.2, 0) is 11.3 Å². The van der Waals surface area contributed by atoms with Crippen LogP contribution in [0.3, 0.4) is 0 Å². The van der Waals surface area contributed by atoms with Gasteiger partial charge in [-0.2, -0.15) is 0 Å². The van der Waals surface area contributed by atoms with Gasteiger partial charge in [-0.1, -0.05) is 30.3 Å². The minimum Gasteiger partial charge on any atom is -0.356 e. The highest BCUT2D eigenvalue weighted by atomic mass is 32.2. The van der Waals surface area contributed by atoms with E-state index in [1.54, 1.807) is 23.9 Å². The Morgan fingerprint density at radius 1 is 1.06 bits per heavy atom. The number of guanidine groups is 1. The number of rotatable bonds is 9. The molecule has 0 bridgehead atoms. The summed E-state index contributed by atoms with van der Waals surface area (Å²) in [5.41, 5.74) is 0.569. The molecule has 0 unspecified atom stereocenters. The molecule has 0 aliphatic carbocycles. The lowest BCUT2D eigenvalue weighted by atomic mass is 10.1. The van der Waals surface area contributed by atoms with E-state index in [2.05, 4.69) is 33.1 Å². The maximum Gasteiger partial charge on any atom is 0.269 e. The Labute approximate surface area is 187 Å². The molecule has 0 fully saturated rings. The van der Waals surface area contributed by atoms with Crippen LogP contribution in [-0.4, -0.2) is 41.2 Å². The predicted molar refractivity (Wildman–Crippen MR) is 125 cm³/mol. The molecular weight excluding hydrogens is 414 g/mol. The Hall–Kier alpha value is -3.07. The molecule has 2 aromatic carbocycles. The quantitative estimate of drug-likeness (QED) is 0.137. The molecule has 2 aromatic rings. The van der Waals surface area contributed by atoms with E-state index in [1.807, 2.05) is 39.0 Å². The third-order valence-electron chi connectivity index (χ3n) is 3.90. The molecular formula is C22H29N5O3S. The summed E-state index contributed by atoms with van der Waals surface area (Å²) < 4.78 is 0. The molecule has 0 saturated heterocycles. The Balaban J connectivity index is 1.93. The maximum atomic E-state index is 12.1. The summed E-state index contributed by atoms with van der Waals surface area (Å²) >= 11 is 1.73. The Kier molecular flexibility index (Phi) is 9.33. The number of aliphatic imine (C=N–C) groups is 1. The maximum absolute atomic E-state index is 12.1. The summed E-state index contributed by atoms with van der Waals surface area (Å²) in [6.07, 6.45) is 0. The molecule has 0 aromatic heterocycles. The fraction of sp³-hybridized carbons (Fsp3) is 0.364. The average molecular weight is 444 g/mol. The van der Waals surface area contributed by atoms with Crippen molar-refractivity contribution in [2.75, 3.05) is 18.8 Å². The van der Waals surface area contributed by atoms with Crippen molar-refractivity contribution in [2.45, 2.75) is 37.8 Å². The van der Waals surface area contributed by atoms with Crippen molar-refractivity contribution in [3.63, 3.8) is 0 Å². The first-order chi connectivity index (χ1) is 14.7. The molecule has 9 heteroatoms. The first-order valence-corrected chi connectivity index (χ1v) is 11.0. The van der Waals surface area contributed by atoms with Gasteiger partial charge >= 0.3 is 0 Å². The van der Waals surface area contributed by atoms with Crippen LogP contribution in [0.5, 0.6) is 0 Å². The van der Waals surface area contributed by atoms with Crippen molar-refractivity contribution in [3.05, 3.63) is 70.3 Å². The zero-order chi connectivity index (χ0) is 22.7. The predicted octanol–water partition coefficient (Wildman–Crippen LogP) is 3.34. The highest BCUT2D eigenvalue weighted by Gasteiger charge is 2.13. The van der Waals surface area contributed by atoms with Crippen LogP contribution in [0.25, 0.3) is 0 Å². The van der Waals surface area contributed by atoms with E-state index in [0.717, 1.165) is 11.3 Å². The molecule has 31 heavy (non-hydrogen) atoms. The number of nitro benzene ring substituents is 1. The summed E-state index contributed by atoms with van der Waals surface area (Å²) in [5.74, 6) is 1.21. The van der Waals surface area contributed by atoms with Gasteiger partial charge in [0, 0.05) is 34.9 Å². The van der Waals surface area contributed by atoms with Crippen molar-refractivity contribution in [2.24, 2.45) is 4.99 Å². The number of nitrogens with zero attached hydrogens (tertiary/aromatic N) is 2. The molecule has 8 nitrogen and oxygen atoms in total. The molecule has 0 saturated carbocycles. The lowest BCUT2D eigenvalue weighted by molar-refractivity contribution is -0.384. The summed E-state index contributed by atoms with van der Waals surface area (Å²) in [6.45, 7) is 6.86. The molecule has 166 valence electrons. The highest BCUT2D eigenvalue weighted by Crippen LogP contribution is 2.16. The highest BCUT2D eigenvalue weighted by molar-refractivity contribution is 7.99. The Morgan fingerprint density at radius 3 is 2.35 bits per heavy atom. The van der Waals surface area contributed by atoms with Crippen LogP contribution in [0, 0.1) is 10.1 Å². The number of hydrogen-bond acceptors (Lipinski definition) is 5. The second kappa shape index (κ2) is 11.9. The van der Waals surface area contributed by atoms with Crippen molar-refractivity contribution in [3.8, 4) is 0 Å². The number of carbonyl (C=O) groups is 1. The SMILES string of the molecule is CC(C)(C)NC(=O)CNC(=NCc1ccc([N+](=O)[O-])cc1)NCCSc1ccccc1. The minimum absolute atomic E-state index is 0.0426. The van der Waals surface area contributed by atoms with E-state index in [0.29, 0.717) is 19.0 Å².